The molecule has 0 heterocycles. The highest BCUT2D eigenvalue weighted by Gasteiger charge is 2.22. The highest BCUT2D eigenvalue weighted by molar-refractivity contribution is 5.47. The van der Waals surface area contributed by atoms with Crippen molar-refractivity contribution >= 4 is 5.69 Å². The molecular weight excluding hydrogens is 262 g/mol. The van der Waals surface area contributed by atoms with Crippen molar-refractivity contribution in [2.24, 2.45) is 0 Å². The van der Waals surface area contributed by atoms with Crippen LogP contribution in [0.15, 0.2) is 54.6 Å². The second kappa shape index (κ2) is 7.14. The minimum absolute atomic E-state index is 0.451. The van der Waals surface area contributed by atoms with E-state index in [-0.39, 0.29) is 0 Å². The Hall–Kier alpha value is -2.00. The Morgan fingerprint density at radius 1 is 1.05 bits per heavy atom. The van der Waals surface area contributed by atoms with Crippen LogP contribution < -0.4 is 10.1 Å². The third kappa shape index (κ3) is 4.50. The van der Waals surface area contributed by atoms with Gasteiger partial charge in [-0.05, 0) is 43.2 Å². The van der Waals surface area contributed by atoms with Crippen LogP contribution in [0, 0.1) is 0 Å². The second-order valence-corrected chi connectivity index (χ2v) is 5.37. The summed E-state index contributed by atoms with van der Waals surface area (Å²) in [6.45, 7) is 5.08. The molecule has 0 fully saturated rings. The van der Waals surface area contributed by atoms with E-state index in [9.17, 15) is 5.11 Å². The van der Waals surface area contributed by atoms with Crippen LogP contribution in [0.25, 0.3) is 0 Å². The molecular formula is C18H23NO2. The summed E-state index contributed by atoms with van der Waals surface area (Å²) in [7, 11) is 0. The fourth-order valence-corrected chi connectivity index (χ4v) is 2.06. The molecule has 0 radical (unpaired) electrons. The zero-order chi connectivity index (χ0) is 15.1. The summed E-state index contributed by atoms with van der Waals surface area (Å²) in [5.41, 5.74) is 0.967. The van der Waals surface area contributed by atoms with Gasteiger partial charge < -0.3 is 15.2 Å². The van der Waals surface area contributed by atoms with Crippen molar-refractivity contribution in [2.75, 3.05) is 18.5 Å². The average Bonchev–Trinajstić information content (AvgIpc) is 2.53. The topological polar surface area (TPSA) is 41.5 Å². The van der Waals surface area contributed by atoms with Crippen molar-refractivity contribution in [1.29, 1.82) is 0 Å². The molecule has 112 valence electrons. The van der Waals surface area contributed by atoms with E-state index in [4.69, 9.17) is 4.74 Å². The van der Waals surface area contributed by atoms with Gasteiger partial charge in [0.05, 0.1) is 6.61 Å². The number of rotatable bonds is 7. The van der Waals surface area contributed by atoms with Gasteiger partial charge in [0, 0.05) is 12.2 Å². The molecule has 0 aliphatic carbocycles. The van der Waals surface area contributed by atoms with Crippen molar-refractivity contribution in [2.45, 2.75) is 25.9 Å². The molecule has 1 atom stereocenters. The molecule has 0 aromatic heterocycles. The van der Waals surface area contributed by atoms with Crippen molar-refractivity contribution in [1.82, 2.24) is 0 Å². The van der Waals surface area contributed by atoms with E-state index in [0.29, 0.717) is 6.54 Å². The van der Waals surface area contributed by atoms with Gasteiger partial charge in [-0.3, -0.25) is 0 Å². The van der Waals surface area contributed by atoms with Crippen LogP contribution in [-0.2, 0) is 5.60 Å². The maximum absolute atomic E-state index is 10.5. The minimum atomic E-state index is -0.904. The fourth-order valence-electron chi connectivity index (χ4n) is 2.06. The maximum Gasteiger partial charge on any atom is 0.119 e. The maximum atomic E-state index is 10.5. The van der Waals surface area contributed by atoms with Gasteiger partial charge in [0.15, 0.2) is 0 Å². The lowest BCUT2D eigenvalue weighted by molar-refractivity contribution is 0.0715. The van der Waals surface area contributed by atoms with Crippen LogP contribution in [0.1, 0.15) is 25.8 Å². The van der Waals surface area contributed by atoms with Gasteiger partial charge in [-0.2, -0.15) is 0 Å². The fraction of sp³-hybridized carbons (Fsp3) is 0.333. The molecule has 2 aromatic rings. The van der Waals surface area contributed by atoms with Crippen LogP contribution in [0.2, 0.25) is 0 Å². The number of hydrogen-bond donors (Lipinski definition) is 2. The van der Waals surface area contributed by atoms with Crippen LogP contribution >= 0.6 is 0 Å². The van der Waals surface area contributed by atoms with Crippen molar-refractivity contribution < 1.29 is 9.84 Å². The van der Waals surface area contributed by atoms with Gasteiger partial charge in [0.1, 0.15) is 11.4 Å². The normalized spacial score (nSPS) is 13.5. The number of aliphatic hydroxyl groups is 1. The van der Waals surface area contributed by atoms with Gasteiger partial charge >= 0.3 is 0 Å². The number of hydrogen-bond acceptors (Lipinski definition) is 3. The Kier molecular flexibility index (Phi) is 5.23. The lowest BCUT2D eigenvalue weighted by atomic mass is 9.96. The van der Waals surface area contributed by atoms with Gasteiger partial charge in [-0.15, -0.1) is 0 Å². The average molecular weight is 285 g/mol. The summed E-state index contributed by atoms with van der Waals surface area (Å²) >= 11 is 0. The van der Waals surface area contributed by atoms with Gasteiger partial charge in [-0.1, -0.05) is 37.3 Å². The molecule has 3 heteroatoms. The Labute approximate surface area is 126 Å². The smallest absolute Gasteiger partial charge is 0.119 e. The number of anilines is 1. The van der Waals surface area contributed by atoms with Crippen molar-refractivity contribution in [3.8, 4) is 5.75 Å². The van der Waals surface area contributed by atoms with Crippen LogP contribution in [0.4, 0.5) is 5.69 Å². The first kappa shape index (κ1) is 15.4. The van der Waals surface area contributed by atoms with E-state index in [2.05, 4.69) is 12.2 Å². The van der Waals surface area contributed by atoms with Crippen LogP contribution in [0.5, 0.6) is 5.75 Å². The zero-order valence-electron chi connectivity index (χ0n) is 12.7. The molecule has 0 saturated heterocycles. The third-order valence-corrected chi connectivity index (χ3v) is 3.36. The molecule has 1 unspecified atom stereocenters. The zero-order valence-corrected chi connectivity index (χ0v) is 12.7. The summed E-state index contributed by atoms with van der Waals surface area (Å²) in [5, 5.41) is 13.8. The van der Waals surface area contributed by atoms with E-state index < -0.39 is 5.60 Å². The Morgan fingerprint density at radius 3 is 2.33 bits per heavy atom. The van der Waals surface area contributed by atoms with E-state index in [1.807, 2.05) is 61.5 Å². The first-order chi connectivity index (χ1) is 10.1. The van der Waals surface area contributed by atoms with E-state index in [0.717, 1.165) is 30.0 Å². The SMILES string of the molecule is CCCOc1ccc(NCC(C)(O)c2ccccc2)cc1. The molecule has 0 saturated carbocycles. The van der Waals surface area contributed by atoms with E-state index in [1.165, 1.54) is 0 Å². The second-order valence-electron chi connectivity index (χ2n) is 5.37. The third-order valence-electron chi connectivity index (χ3n) is 3.36. The molecule has 2 N–H and O–H groups in total. The van der Waals surface area contributed by atoms with Crippen molar-refractivity contribution in [3.05, 3.63) is 60.2 Å². The lowest BCUT2D eigenvalue weighted by Gasteiger charge is -2.24. The molecule has 2 aromatic carbocycles. The number of nitrogens with one attached hydrogen (secondary N) is 1. The first-order valence-corrected chi connectivity index (χ1v) is 7.36. The standard InChI is InChI=1S/C18H23NO2/c1-3-13-21-17-11-9-16(10-12-17)19-14-18(2,20)15-7-5-4-6-8-15/h4-12,19-20H,3,13-14H2,1-2H3. The van der Waals surface area contributed by atoms with Crippen LogP contribution in [-0.4, -0.2) is 18.3 Å². The highest BCUT2D eigenvalue weighted by Crippen LogP contribution is 2.22. The summed E-state index contributed by atoms with van der Waals surface area (Å²) in [5.74, 6) is 0.872. The molecule has 0 aliphatic heterocycles. The summed E-state index contributed by atoms with van der Waals surface area (Å²) in [6.07, 6.45) is 1.000. The Morgan fingerprint density at radius 2 is 1.71 bits per heavy atom. The predicted octanol–water partition coefficient (Wildman–Crippen LogP) is 3.80. The first-order valence-electron chi connectivity index (χ1n) is 7.36. The Bertz CT molecular complexity index is 535. The molecule has 0 amide bonds. The van der Waals surface area contributed by atoms with Gasteiger partial charge in [0.25, 0.3) is 0 Å². The molecule has 0 spiro atoms. The van der Waals surface area contributed by atoms with Gasteiger partial charge in [-0.25, -0.2) is 0 Å². The predicted molar refractivity (Wildman–Crippen MR) is 86.7 cm³/mol. The molecule has 3 nitrogen and oxygen atoms in total. The molecule has 0 bridgehead atoms. The molecule has 21 heavy (non-hydrogen) atoms. The van der Waals surface area contributed by atoms with Gasteiger partial charge in [0.2, 0.25) is 0 Å². The lowest BCUT2D eigenvalue weighted by Crippen LogP contribution is -2.30. The minimum Gasteiger partial charge on any atom is -0.494 e. The summed E-state index contributed by atoms with van der Waals surface area (Å²) < 4.78 is 5.55. The van der Waals surface area contributed by atoms with Crippen LogP contribution in [0.3, 0.4) is 0 Å². The highest BCUT2D eigenvalue weighted by atomic mass is 16.5. The summed E-state index contributed by atoms with van der Waals surface area (Å²) in [6, 6.07) is 17.5. The quantitative estimate of drug-likeness (QED) is 0.813. The largest absolute Gasteiger partial charge is 0.494 e. The monoisotopic (exact) mass is 285 g/mol. The molecule has 0 aliphatic rings. The molecule has 2 rings (SSSR count). The summed E-state index contributed by atoms with van der Waals surface area (Å²) in [4.78, 5) is 0. The van der Waals surface area contributed by atoms with Crippen molar-refractivity contribution in [3.63, 3.8) is 0 Å². The number of benzene rings is 2. The van der Waals surface area contributed by atoms with E-state index >= 15 is 0 Å². The Balaban J connectivity index is 1.93. The van der Waals surface area contributed by atoms with E-state index in [1.54, 1.807) is 0 Å². The number of ether oxygens (including phenoxy) is 1.